The number of likely N-dealkylation sites (N-methyl/N-ethyl adjacent to an activating group) is 1. The van der Waals surface area contributed by atoms with Crippen LogP contribution in [0.3, 0.4) is 0 Å². The third-order valence-electron chi connectivity index (χ3n) is 3.76. The average Bonchev–Trinajstić information content (AvgIpc) is 2.81. The summed E-state index contributed by atoms with van der Waals surface area (Å²) in [7, 11) is 0. The van der Waals surface area contributed by atoms with E-state index in [-0.39, 0.29) is 0 Å². The van der Waals surface area contributed by atoms with E-state index in [4.69, 9.17) is 0 Å². The minimum Gasteiger partial charge on any atom is -0.314 e. The van der Waals surface area contributed by atoms with Gasteiger partial charge in [-0.15, -0.1) is 0 Å². The Morgan fingerprint density at radius 1 is 1.20 bits per heavy atom. The van der Waals surface area contributed by atoms with Gasteiger partial charge in [-0.3, -0.25) is 4.68 Å². The zero-order valence-corrected chi connectivity index (χ0v) is 13.0. The third-order valence-corrected chi connectivity index (χ3v) is 3.76. The van der Waals surface area contributed by atoms with Crippen molar-refractivity contribution in [2.24, 2.45) is 0 Å². The summed E-state index contributed by atoms with van der Waals surface area (Å²) in [6, 6.07) is 9.39. The second-order valence-electron chi connectivity index (χ2n) is 5.32. The van der Waals surface area contributed by atoms with Crippen LogP contribution in [-0.4, -0.2) is 22.4 Å². The smallest absolute Gasteiger partial charge is 0.0571 e. The van der Waals surface area contributed by atoms with Crippen molar-refractivity contribution in [1.82, 2.24) is 15.1 Å². The van der Waals surface area contributed by atoms with Gasteiger partial charge in [-0.25, -0.2) is 0 Å². The fourth-order valence-corrected chi connectivity index (χ4v) is 2.64. The van der Waals surface area contributed by atoms with E-state index < -0.39 is 0 Å². The largest absolute Gasteiger partial charge is 0.314 e. The van der Waals surface area contributed by atoms with Crippen LogP contribution in [0.4, 0.5) is 0 Å². The normalized spacial score (nSPS) is 12.6. The van der Waals surface area contributed by atoms with Gasteiger partial charge in [0, 0.05) is 23.8 Å². The van der Waals surface area contributed by atoms with E-state index in [1.54, 1.807) is 0 Å². The van der Waals surface area contributed by atoms with Gasteiger partial charge in [-0.1, -0.05) is 31.2 Å². The van der Waals surface area contributed by atoms with Crippen molar-refractivity contribution in [1.29, 1.82) is 0 Å². The number of hydrogen-bond donors (Lipinski definition) is 1. The highest BCUT2D eigenvalue weighted by molar-refractivity contribution is 5.65. The molecule has 0 amide bonds. The lowest BCUT2D eigenvalue weighted by molar-refractivity contribution is 0.565. The van der Waals surface area contributed by atoms with Gasteiger partial charge in [0.1, 0.15) is 0 Å². The first-order chi connectivity index (χ1) is 9.65. The molecule has 2 rings (SSSR count). The van der Waals surface area contributed by atoms with Crippen molar-refractivity contribution in [2.75, 3.05) is 6.54 Å². The van der Waals surface area contributed by atoms with Gasteiger partial charge in [-0.05, 0) is 44.9 Å². The lowest BCUT2D eigenvalue weighted by Crippen LogP contribution is -2.27. The Kier molecular flexibility index (Phi) is 4.96. The lowest BCUT2D eigenvalue weighted by atomic mass is 10.0. The molecule has 3 heteroatoms. The highest BCUT2D eigenvalue weighted by Crippen LogP contribution is 2.23. The highest BCUT2D eigenvalue weighted by atomic mass is 15.3. The second kappa shape index (κ2) is 6.71. The lowest BCUT2D eigenvalue weighted by Gasteiger charge is -2.12. The van der Waals surface area contributed by atoms with Crippen molar-refractivity contribution in [3.05, 3.63) is 41.7 Å². The molecule has 0 fully saturated rings. The molecule has 0 aliphatic heterocycles. The van der Waals surface area contributed by atoms with Crippen LogP contribution in [0.1, 0.15) is 32.0 Å². The summed E-state index contributed by atoms with van der Waals surface area (Å²) >= 11 is 0. The third kappa shape index (κ3) is 3.28. The van der Waals surface area contributed by atoms with Gasteiger partial charge in [0.25, 0.3) is 0 Å². The van der Waals surface area contributed by atoms with Crippen molar-refractivity contribution in [2.45, 2.75) is 46.7 Å². The molecule has 0 spiro atoms. The summed E-state index contributed by atoms with van der Waals surface area (Å²) in [5.41, 5.74) is 5.10. The molecule has 1 heterocycles. The molecule has 1 aromatic carbocycles. The SMILES string of the molecule is CCNC(C)Cc1ccc(-c2cnn(CC)c2C)cc1. The van der Waals surface area contributed by atoms with Crippen molar-refractivity contribution in [3.8, 4) is 11.1 Å². The summed E-state index contributed by atoms with van der Waals surface area (Å²) in [4.78, 5) is 0. The van der Waals surface area contributed by atoms with Crippen LogP contribution >= 0.6 is 0 Å². The number of hydrogen-bond acceptors (Lipinski definition) is 2. The quantitative estimate of drug-likeness (QED) is 0.872. The van der Waals surface area contributed by atoms with Gasteiger partial charge >= 0.3 is 0 Å². The van der Waals surface area contributed by atoms with Crippen molar-refractivity contribution >= 4 is 0 Å². The maximum Gasteiger partial charge on any atom is 0.0571 e. The van der Waals surface area contributed by atoms with E-state index in [1.807, 2.05) is 10.9 Å². The summed E-state index contributed by atoms with van der Waals surface area (Å²) in [6.45, 7) is 10.6. The number of nitrogens with zero attached hydrogens (tertiary/aromatic N) is 2. The van der Waals surface area contributed by atoms with Crippen LogP contribution in [0.5, 0.6) is 0 Å². The van der Waals surface area contributed by atoms with Crippen LogP contribution < -0.4 is 5.32 Å². The van der Waals surface area contributed by atoms with Crippen molar-refractivity contribution in [3.63, 3.8) is 0 Å². The molecule has 0 aliphatic carbocycles. The van der Waals surface area contributed by atoms with Crippen molar-refractivity contribution < 1.29 is 0 Å². The second-order valence-corrected chi connectivity index (χ2v) is 5.32. The fraction of sp³-hybridized carbons (Fsp3) is 0.471. The Balaban J connectivity index is 2.13. The van der Waals surface area contributed by atoms with E-state index >= 15 is 0 Å². The molecule has 0 saturated carbocycles. The molecule has 20 heavy (non-hydrogen) atoms. The molecule has 108 valence electrons. The van der Waals surface area contributed by atoms with E-state index in [2.05, 4.69) is 62.4 Å². The maximum absolute atomic E-state index is 4.41. The van der Waals surface area contributed by atoms with Gasteiger partial charge in [0.2, 0.25) is 0 Å². The Bertz CT molecular complexity index is 540. The molecule has 1 aromatic heterocycles. The topological polar surface area (TPSA) is 29.9 Å². The van der Waals surface area contributed by atoms with Gasteiger partial charge < -0.3 is 5.32 Å². The van der Waals surface area contributed by atoms with E-state index in [0.29, 0.717) is 6.04 Å². The van der Waals surface area contributed by atoms with E-state index in [0.717, 1.165) is 19.5 Å². The molecular formula is C17H25N3. The summed E-state index contributed by atoms with van der Waals surface area (Å²) in [6.07, 6.45) is 3.04. The molecule has 0 radical (unpaired) electrons. The Morgan fingerprint density at radius 2 is 1.90 bits per heavy atom. The number of rotatable bonds is 6. The standard InChI is InChI=1S/C17H25N3/c1-5-18-13(3)11-15-7-9-16(10-8-15)17-12-19-20(6-2)14(17)4/h7-10,12-13,18H,5-6,11H2,1-4H3. The zero-order chi connectivity index (χ0) is 14.5. The van der Waals surface area contributed by atoms with E-state index in [9.17, 15) is 0 Å². The Labute approximate surface area is 122 Å². The van der Waals surface area contributed by atoms with Crippen LogP contribution in [-0.2, 0) is 13.0 Å². The number of nitrogens with one attached hydrogen (secondary N) is 1. The monoisotopic (exact) mass is 271 g/mol. The molecule has 3 nitrogen and oxygen atoms in total. The molecule has 1 unspecified atom stereocenters. The van der Waals surface area contributed by atoms with Crippen LogP contribution in [0, 0.1) is 6.92 Å². The minimum absolute atomic E-state index is 0.524. The predicted octanol–water partition coefficient (Wildman–Crippen LogP) is 3.42. The summed E-state index contributed by atoms with van der Waals surface area (Å²) in [5.74, 6) is 0. The van der Waals surface area contributed by atoms with Crippen LogP contribution in [0.25, 0.3) is 11.1 Å². The minimum atomic E-state index is 0.524. The number of benzene rings is 1. The van der Waals surface area contributed by atoms with Gasteiger partial charge in [0.15, 0.2) is 0 Å². The average molecular weight is 271 g/mol. The highest BCUT2D eigenvalue weighted by Gasteiger charge is 2.08. The first-order valence-corrected chi connectivity index (χ1v) is 7.50. The first kappa shape index (κ1) is 14.8. The molecular weight excluding hydrogens is 246 g/mol. The predicted molar refractivity (Wildman–Crippen MR) is 84.9 cm³/mol. The zero-order valence-electron chi connectivity index (χ0n) is 13.0. The summed E-state index contributed by atoms with van der Waals surface area (Å²) < 4.78 is 2.04. The summed E-state index contributed by atoms with van der Waals surface area (Å²) in [5, 5.41) is 7.86. The Morgan fingerprint density at radius 3 is 2.45 bits per heavy atom. The first-order valence-electron chi connectivity index (χ1n) is 7.50. The molecule has 0 bridgehead atoms. The number of aryl methyl sites for hydroxylation is 1. The van der Waals surface area contributed by atoms with E-state index in [1.165, 1.54) is 22.4 Å². The fourth-order valence-electron chi connectivity index (χ4n) is 2.64. The molecule has 0 aliphatic rings. The molecule has 1 N–H and O–H groups in total. The van der Waals surface area contributed by atoms with Crippen LogP contribution in [0.15, 0.2) is 30.5 Å². The maximum atomic E-state index is 4.41. The number of aromatic nitrogens is 2. The molecule has 2 aromatic rings. The van der Waals surface area contributed by atoms with Gasteiger partial charge in [-0.2, -0.15) is 5.10 Å². The van der Waals surface area contributed by atoms with Crippen LogP contribution in [0.2, 0.25) is 0 Å². The molecule has 1 atom stereocenters. The van der Waals surface area contributed by atoms with Gasteiger partial charge in [0.05, 0.1) is 6.20 Å². The molecule has 0 saturated heterocycles. The Hall–Kier alpha value is -1.61.